The maximum absolute atomic E-state index is 12.2. The number of aromatic amines is 1. The van der Waals surface area contributed by atoms with Gasteiger partial charge >= 0.3 is 0 Å². The van der Waals surface area contributed by atoms with Crippen molar-refractivity contribution in [3.05, 3.63) is 58.5 Å². The third-order valence-corrected chi connectivity index (χ3v) is 2.78. The summed E-state index contributed by atoms with van der Waals surface area (Å²) in [6.07, 6.45) is 1.40. The van der Waals surface area contributed by atoms with E-state index in [1.165, 1.54) is 23.2 Å². The lowest BCUT2D eigenvalue weighted by Gasteiger charge is -2.17. The molecule has 5 heteroatoms. The number of benzene rings is 1. The second kappa shape index (κ2) is 5.39. The van der Waals surface area contributed by atoms with Gasteiger partial charge in [-0.1, -0.05) is 6.07 Å². The zero-order valence-electron chi connectivity index (χ0n) is 10.7. The number of hydrogen-bond acceptors (Lipinski definition) is 3. The molecule has 5 nitrogen and oxygen atoms in total. The summed E-state index contributed by atoms with van der Waals surface area (Å²) in [5.74, 6) is 0.475. The highest BCUT2D eigenvalue weighted by molar-refractivity contribution is 6.05. The molecular formula is C14H14N2O3. The van der Waals surface area contributed by atoms with Crippen LogP contribution < -0.4 is 15.2 Å². The normalized spacial score (nSPS) is 10.0. The van der Waals surface area contributed by atoms with Crippen molar-refractivity contribution in [1.29, 1.82) is 0 Å². The fraction of sp³-hybridized carbons (Fsp3) is 0.143. The van der Waals surface area contributed by atoms with Gasteiger partial charge in [0.05, 0.1) is 12.7 Å². The van der Waals surface area contributed by atoms with Crippen LogP contribution >= 0.6 is 0 Å². The lowest BCUT2D eigenvalue weighted by molar-refractivity contribution is 0.0992. The van der Waals surface area contributed by atoms with Gasteiger partial charge in [-0.05, 0) is 18.2 Å². The Bertz CT molecular complexity index is 629. The zero-order valence-corrected chi connectivity index (χ0v) is 10.7. The number of nitrogens with one attached hydrogen (secondary N) is 1. The highest BCUT2D eigenvalue weighted by atomic mass is 16.5. The van der Waals surface area contributed by atoms with Crippen molar-refractivity contribution in [1.82, 2.24) is 4.98 Å². The first-order chi connectivity index (χ1) is 9.11. The number of amides is 1. The van der Waals surface area contributed by atoms with Gasteiger partial charge in [0.1, 0.15) is 5.75 Å². The quantitative estimate of drug-likeness (QED) is 0.910. The summed E-state index contributed by atoms with van der Waals surface area (Å²) < 4.78 is 5.12. The van der Waals surface area contributed by atoms with Gasteiger partial charge < -0.3 is 14.6 Å². The van der Waals surface area contributed by atoms with E-state index in [4.69, 9.17) is 4.74 Å². The maximum Gasteiger partial charge on any atom is 0.259 e. The van der Waals surface area contributed by atoms with Crippen LogP contribution in [0.15, 0.2) is 47.4 Å². The fourth-order valence-corrected chi connectivity index (χ4v) is 1.67. The Balaban J connectivity index is 2.27. The molecule has 0 saturated heterocycles. The van der Waals surface area contributed by atoms with E-state index < -0.39 is 0 Å². The number of hydrogen-bond donors (Lipinski definition) is 1. The summed E-state index contributed by atoms with van der Waals surface area (Å²) in [4.78, 5) is 27.2. The number of H-pyrrole nitrogens is 1. The van der Waals surface area contributed by atoms with Crippen LogP contribution in [0, 0.1) is 0 Å². The molecule has 0 radical (unpaired) electrons. The summed E-state index contributed by atoms with van der Waals surface area (Å²) in [5.41, 5.74) is 0.904. The van der Waals surface area contributed by atoms with Gasteiger partial charge in [0.15, 0.2) is 0 Å². The number of aromatic nitrogens is 1. The summed E-state index contributed by atoms with van der Waals surface area (Å²) in [6.45, 7) is 0. The van der Waals surface area contributed by atoms with Gasteiger partial charge in [-0.3, -0.25) is 9.59 Å². The van der Waals surface area contributed by atoms with Crippen LogP contribution in [0.1, 0.15) is 10.4 Å². The summed E-state index contributed by atoms with van der Waals surface area (Å²) in [7, 11) is 3.24. The predicted molar refractivity (Wildman–Crippen MR) is 72.8 cm³/mol. The van der Waals surface area contributed by atoms with Crippen molar-refractivity contribution in [2.45, 2.75) is 0 Å². The van der Waals surface area contributed by atoms with Crippen molar-refractivity contribution < 1.29 is 9.53 Å². The highest BCUT2D eigenvalue weighted by Gasteiger charge is 2.13. The van der Waals surface area contributed by atoms with E-state index in [0.717, 1.165) is 5.69 Å². The monoisotopic (exact) mass is 258 g/mol. The molecule has 1 heterocycles. The Hall–Kier alpha value is -2.56. The summed E-state index contributed by atoms with van der Waals surface area (Å²) in [5, 5.41) is 0. The van der Waals surface area contributed by atoms with Crippen molar-refractivity contribution >= 4 is 11.6 Å². The second-order valence-electron chi connectivity index (χ2n) is 4.01. The molecule has 2 rings (SSSR count). The molecule has 0 spiro atoms. The average molecular weight is 258 g/mol. The molecule has 0 atom stereocenters. The van der Waals surface area contributed by atoms with Gasteiger partial charge in [0.25, 0.3) is 5.91 Å². The minimum Gasteiger partial charge on any atom is -0.497 e. The Morgan fingerprint density at radius 3 is 2.68 bits per heavy atom. The molecule has 0 aliphatic heterocycles. The van der Waals surface area contributed by atoms with Crippen molar-refractivity contribution in [3.63, 3.8) is 0 Å². The smallest absolute Gasteiger partial charge is 0.259 e. The molecule has 98 valence electrons. The van der Waals surface area contributed by atoms with Crippen LogP contribution in [0.3, 0.4) is 0 Å². The molecule has 1 N–H and O–H groups in total. The molecule has 1 aromatic carbocycles. The minimum atomic E-state index is -0.236. The van der Waals surface area contributed by atoms with Crippen molar-refractivity contribution in [3.8, 4) is 5.75 Å². The van der Waals surface area contributed by atoms with Crippen LogP contribution in [0.25, 0.3) is 0 Å². The number of rotatable bonds is 3. The molecule has 1 aromatic heterocycles. The molecule has 0 unspecified atom stereocenters. The van der Waals surface area contributed by atoms with Gasteiger partial charge in [-0.25, -0.2) is 0 Å². The van der Waals surface area contributed by atoms with E-state index in [2.05, 4.69) is 4.98 Å². The number of carbonyl (C=O) groups excluding carboxylic acids is 1. The van der Waals surface area contributed by atoms with Gasteiger partial charge in [-0.15, -0.1) is 0 Å². The van der Waals surface area contributed by atoms with E-state index in [0.29, 0.717) is 11.3 Å². The molecule has 1 amide bonds. The van der Waals surface area contributed by atoms with Crippen LogP contribution in [-0.2, 0) is 0 Å². The van der Waals surface area contributed by atoms with Gasteiger partial charge in [0.2, 0.25) is 5.56 Å². The van der Waals surface area contributed by atoms with Gasteiger partial charge in [-0.2, -0.15) is 0 Å². The first-order valence-electron chi connectivity index (χ1n) is 5.72. The number of pyridine rings is 1. The molecule has 0 aliphatic rings. The molecular weight excluding hydrogens is 244 g/mol. The number of carbonyl (C=O) groups is 1. The van der Waals surface area contributed by atoms with E-state index in [-0.39, 0.29) is 11.5 Å². The van der Waals surface area contributed by atoms with E-state index in [1.807, 2.05) is 18.2 Å². The Morgan fingerprint density at radius 2 is 2.05 bits per heavy atom. The predicted octanol–water partition coefficient (Wildman–Crippen LogP) is 1.66. The Kier molecular flexibility index (Phi) is 3.66. The lowest BCUT2D eigenvalue weighted by atomic mass is 10.2. The third-order valence-electron chi connectivity index (χ3n) is 2.78. The SMILES string of the molecule is COc1cccc(N(C)C(=O)c2ccc(=O)[nH]c2)c1. The molecule has 0 bridgehead atoms. The number of nitrogens with zero attached hydrogens (tertiary/aromatic N) is 1. The van der Waals surface area contributed by atoms with Crippen LogP contribution in [0.2, 0.25) is 0 Å². The second-order valence-corrected chi connectivity index (χ2v) is 4.01. The highest BCUT2D eigenvalue weighted by Crippen LogP contribution is 2.21. The number of anilines is 1. The molecule has 2 aromatic rings. The van der Waals surface area contributed by atoms with Crippen LogP contribution in [-0.4, -0.2) is 25.0 Å². The van der Waals surface area contributed by atoms with E-state index >= 15 is 0 Å². The maximum atomic E-state index is 12.2. The largest absolute Gasteiger partial charge is 0.497 e. The zero-order chi connectivity index (χ0) is 13.8. The van der Waals surface area contributed by atoms with Crippen LogP contribution in [0.4, 0.5) is 5.69 Å². The topological polar surface area (TPSA) is 62.4 Å². The first-order valence-corrected chi connectivity index (χ1v) is 5.72. The van der Waals surface area contributed by atoms with E-state index in [1.54, 1.807) is 20.2 Å². The average Bonchev–Trinajstić information content (AvgIpc) is 2.46. The standard InChI is InChI=1S/C14H14N2O3/c1-16(11-4-3-5-12(8-11)19-2)14(18)10-6-7-13(17)15-9-10/h3-9H,1-2H3,(H,15,17). The summed E-state index contributed by atoms with van der Waals surface area (Å²) >= 11 is 0. The number of methoxy groups -OCH3 is 1. The van der Waals surface area contributed by atoms with E-state index in [9.17, 15) is 9.59 Å². The van der Waals surface area contributed by atoms with Crippen molar-refractivity contribution in [2.75, 3.05) is 19.1 Å². The Labute approximate surface area is 110 Å². The summed E-state index contributed by atoms with van der Waals surface area (Å²) in [6, 6.07) is 10.0. The minimum absolute atomic E-state index is 0.204. The van der Waals surface area contributed by atoms with Crippen LogP contribution in [0.5, 0.6) is 5.75 Å². The fourth-order valence-electron chi connectivity index (χ4n) is 1.67. The number of ether oxygens (including phenoxy) is 1. The van der Waals surface area contributed by atoms with Gasteiger partial charge in [0, 0.05) is 31.1 Å². The molecule has 0 fully saturated rings. The lowest BCUT2D eigenvalue weighted by Crippen LogP contribution is -2.26. The molecule has 0 saturated carbocycles. The molecule has 0 aliphatic carbocycles. The molecule has 19 heavy (non-hydrogen) atoms. The third kappa shape index (κ3) is 2.82. The Morgan fingerprint density at radius 1 is 1.26 bits per heavy atom. The first kappa shape index (κ1) is 12.9. The van der Waals surface area contributed by atoms with Crippen molar-refractivity contribution in [2.24, 2.45) is 0 Å².